The van der Waals surface area contributed by atoms with Crippen LogP contribution in [0.2, 0.25) is 0 Å². The summed E-state index contributed by atoms with van der Waals surface area (Å²) in [7, 11) is 0. The van der Waals surface area contributed by atoms with Crippen molar-refractivity contribution in [3.8, 4) is 12.1 Å². The zero-order valence-corrected chi connectivity index (χ0v) is 25.3. The van der Waals surface area contributed by atoms with Crippen LogP contribution < -0.4 is 9.80 Å². The first-order chi connectivity index (χ1) is 22.2. The number of hydrogen-bond acceptors (Lipinski definition) is 6. The standard InChI is InChI=1S/C37H29N5O4/c1-24-17-25(2)32-29(18-24)36(33(43)41(32)21-27-13-7-4-8-14-27)19-31(42(45)46)37(35(36,22-38)23-39)28-15-9-10-16-30(28)40(34(37)44)20-26-11-5-3-6-12-26/h3-18,31H,19-21H2,1-2H3. The number of carbonyl (C=O) groups excluding carboxylic acids is 2. The van der Waals surface area contributed by atoms with Gasteiger partial charge in [0.05, 0.1) is 30.9 Å². The van der Waals surface area contributed by atoms with Crippen molar-refractivity contribution >= 4 is 23.2 Å². The molecule has 1 saturated carbocycles. The molecule has 1 aliphatic carbocycles. The average Bonchev–Trinajstić information content (AvgIpc) is 3.58. The van der Waals surface area contributed by atoms with Gasteiger partial charge < -0.3 is 9.80 Å². The number of anilines is 2. The Balaban J connectivity index is 1.54. The molecule has 2 heterocycles. The second-order valence-electron chi connectivity index (χ2n) is 12.4. The lowest BCUT2D eigenvalue weighted by atomic mass is 9.53. The van der Waals surface area contributed by atoms with Gasteiger partial charge in [-0.15, -0.1) is 0 Å². The maximum Gasteiger partial charge on any atom is 0.247 e. The van der Waals surface area contributed by atoms with Crippen molar-refractivity contribution in [3.05, 3.63) is 141 Å². The van der Waals surface area contributed by atoms with Gasteiger partial charge in [0.25, 0.3) is 0 Å². The van der Waals surface area contributed by atoms with Crippen LogP contribution in [0, 0.1) is 52.0 Å². The Hall–Kier alpha value is -5.80. The lowest BCUT2D eigenvalue weighted by molar-refractivity contribution is -0.529. The minimum absolute atomic E-state index is 0.0751. The highest BCUT2D eigenvalue weighted by atomic mass is 16.6. The van der Waals surface area contributed by atoms with Gasteiger partial charge in [-0.25, -0.2) is 0 Å². The Morgan fingerprint density at radius 3 is 1.96 bits per heavy atom. The van der Waals surface area contributed by atoms with Crippen molar-refractivity contribution in [2.24, 2.45) is 5.41 Å². The summed E-state index contributed by atoms with van der Waals surface area (Å²) in [6.45, 7) is 3.90. The van der Waals surface area contributed by atoms with E-state index in [0.29, 0.717) is 16.9 Å². The number of benzene rings is 4. The van der Waals surface area contributed by atoms with Gasteiger partial charge in [0.2, 0.25) is 17.9 Å². The van der Waals surface area contributed by atoms with E-state index in [4.69, 9.17) is 0 Å². The monoisotopic (exact) mass is 607 g/mol. The van der Waals surface area contributed by atoms with E-state index in [0.717, 1.165) is 22.3 Å². The maximum absolute atomic E-state index is 15.2. The van der Waals surface area contributed by atoms with E-state index in [-0.39, 0.29) is 18.7 Å². The highest BCUT2D eigenvalue weighted by molar-refractivity contribution is 6.16. The molecule has 0 saturated heterocycles. The van der Waals surface area contributed by atoms with Crippen LogP contribution in [0.15, 0.2) is 97.1 Å². The summed E-state index contributed by atoms with van der Waals surface area (Å²) in [5, 5.41) is 35.9. The summed E-state index contributed by atoms with van der Waals surface area (Å²) in [5.74, 6) is -1.31. The van der Waals surface area contributed by atoms with E-state index < -0.39 is 45.4 Å². The normalized spacial score (nSPS) is 23.8. The minimum atomic E-state index is -2.46. The molecule has 4 aromatic rings. The number of para-hydroxylation sites is 1. The molecular formula is C37H29N5O4. The summed E-state index contributed by atoms with van der Waals surface area (Å²) in [6, 6.07) is 31.4. The number of fused-ring (bicyclic) bond motifs is 4. The zero-order chi connectivity index (χ0) is 32.4. The smallest absolute Gasteiger partial charge is 0.247 e. The van der Waals surface area contributed by atoms with E-state index in [2.05, 4.69) is 12.1 Å². The van der Waals surface area contributed by atoms with E-state index >= 15 is 9.59 Å². The molecule has 4 aromatic carbocycles. The third kappa shape index (κ3) is 3.43. The maximum atomic E-state index is 15.2. The van der Waals surface area contributed by atoms with Gasteiger partial charge in [0.15, 0.2) is 10.8 Å². The molecule has 46 heavy (non-hydrogen) atoms. The molecule has 1 fully saturated rings. The molecule has 2 aliphatic heterocycles. The summed E-state index contributed by atoms with van der Waals surface area (Å²) in [6.07, 6.45) is -0.486. The highest BCUT2D eigenvalue weighted by Gasteiger charge is 2.87. The van der Waals surface area contributed by atoms with E-state index in [1.54, 1.807) is 35.2 Å². The summed E-state index contributed by atoms with van der Waals surface area (Å²) >= 11 is 0. The number of carbonyl (C=O) groups is 2. The van der Waals surface area contributed by atoms with Crippen molar-refractivity contribution in [3.63, 3.8) is 0 Å². The minimum Gasteiger partial charge on any atom is -0.307 e. The first kappa shape index (κ1) is 28.9. The van der Waals surface area contributed by atoms with Gasteiger partial charge in [0.1, 0.15) is 5.41 Å². The highest BCUT2D eigenvalue weighted by Crippen LogP contribution is 2.71. The van der Waals surface area contributed by atoms with E-state index in [1.165, 1.54) is 4.90 Å². The topological polar surface area (TPSA) is 131 Å². The SMILES string of the molecule is Cc1cc(C)c2c(c1)C1(CC([N+](=O)[O-])C3(C(=O)N(Cc4ccccc4)c4ccccc43)C1(C#N)C#N)C(=O)N2Cc1ccccc1. The molecule has 0 radical (unpaired) electrons. The summed E-state index contributed by atoms with van der Waals surface area (Å²) in [4.78, 5) is 45.9. The number of nitrogens with zero attached hydrogens (tertiary/aromatic N) is 5. The average molecular weight is 608 g/mol. The molecule has 226 valence electrons. The van der Waals surface area contributed by atoms with Crippen LogP contribution >= 0.6 is 0 Å². The second-order valence-corrected chi connectivity index (χ2v) is 12.4. The Labute approximate surface area is 266 Å². The predicted octanol–water partition coefficient (Wildman–Crippen LogP) is 5.66. The van der Waals surface area contributed by atoms with Crippen LogP contribution in [0.5, 0.6) is 0 Å². The molecule has 9 nitrogen and oxygen atoms in total. The van der Waals surface area contributed by atoms with Crippen LogP contribution in [0.25, 0.3) is 0 Å². The van der Waals surface area contributed by atoms with Crippen LogP contribution in [0.3, 0.4) is 0 Å². The number of amides is 2. The Kier molecular flexibility index (Phi) is 6.36. The van der Waals surface area contributed by atoms with Crippen molar-refractivity contribution in [2.75, 3.05) is 9.80 Å². The van der Waals surface area contributed by atoms with Gasteiger partial charge >= 0.3 is 0 Å². The summed E-state index contributed by atoms with van der Waals surface area (Å²) < 4.78 is 0. The molecule has 0 bridgehead atoms. The molecule has 7 rings (SSSR count). The molecule has 3 atom stereocenters. The molecule has 2 amide bonds. The van der Waals surface area contributed by atoms with Crippen LogP contribution in [-0.4, -0.2) is 22.8 Å². The lowest BCUT2D eigenvalue weighted by Gasteiger charge is -2.39. The molecule has 3 aliphatic rings. The van der Waals surface area contributed by atoms with E-state index in [1.807, 2.05) is 80.6 Å². The molecule has 0 aromatic heterocycles. The Morgan fingerprint density at radius 1 is 0.804 bits per heavy atom. The quantitative estimate of drug-likeness (QED) is 0.213. The number of aryl methyl sites for hydroxylation is 2. The van der Waals surface area contributed by atoms with Crippen molar-refractivity contribution in [2.45, 2.75) is 50.2 Å². The molecule has 3 unspecified atom stereocenters. The van der Waals surface area contributed by atoms with Crippen LogP contribution in [0.1, 0.15) is 39.8 Å². The van der Waals surface area contributed by atoms with Gasteiger partial charge in [-0.05, 0) is 42.2 Å². The van der Waals surface area contributed by atoms with Gasteiger partial charge in [-0.2, -0.15) is 10.5 Å². The fourth-order valence-electron chi connectivity index (χ4n) is 8.46. The van der Waals surface area contributed by atoms with Crippen molar-refractivity contribution in [1.82, 2.24) is 0 Å². The molecule has 2 spiro atoms. The number of nitriles is 2. The van der Waals surface area contributed by atoms with Crippen molar-refractivity contribution < 1.29 is 14.5 Å². The fraction of sp³-hybridized carbons (Fsp3) is 0.243. The lowest BCUT2D eigenvalue weighted by Crippen LogP contribution is -2.61. The number of nitro groups is 1. The zero-order valence-electron chi connectivity index (χ0n) is 25.3. The summed E-state index contributed by atoms with van der Waals surface area (Å²) in [5.41, 5.74) is -2.12. The van der Waals surface area contributed by atoms with Gasteiger partial charge in [0, 0.05) is 22.6 Å². The number of rotatable bonds is 5. The number of hydrogen-bond donors (Lipinski definition) is 0. The Bertz CT molecular complexity index is 2020. The first-order valence-electron chi connectivity index (χ1n) is 15.1. The van der Waals surface area contributed by atoms with E-state index in [9.17, 15) is 20.6 Å². The second kappa shape index (κ2) is 10.1. The van der Waals surface area contributed by atoms with Crippen LogP contribution in [0.4, 0.5) is 11.4 Å². The Morgan fingerprint density at radius 2 is 1.37 bits per heavy atom. The molecule has 0 N–H and O–H groups in total. The van der Waals surface area contributed by atoms with Gasteiger partial charge in [-0.3, -0.25) is 19.7 Å². The molecular weight excluding hydrogens is 578 g/mol. The first-order valence-corrected chi connectivity index (χ1v) is 15.1. The van der Waals surface area contributed by atoms with Crippen LogP contribution in [-0.2, 0) is 33.5 Å². The van der Waals surface area contributed by atoms with Crippen molar-refractivity contribution in [1.29, 1.82) is 10.5 Å². The fourth-order valence-corrected chi connectivity index (χ4v) is 8.46. The third-order valence-corrected chi connectivity index (χ3v) is 10.2. The third-order valence-electron chi connectivity index (χ3n) is 10.2. The predicted molar refractivity (Wildman–Crippen MR) is 170 cm³/mol. The largest absolute Gasteiger partial charge is 0.307 e. The van der Waals surface area contributed by atoms with Gasteiger partial charge in [-0.1, -0.05) is 96.6 Å². The molecule has 9 heteroatoms.